The van der Waals surface area contributed by atoms with Gasteiger partial charge in [0.15, 0.2) is 11.5 Å². The van der Waals surface area contributed by atoms with Gasteiger partial charge in [-0.25, -0.2) is 4.68 Å². The number of aromatic nitrogens is 2. The van der Waals surface area contributed by atoms with Crippen molar-refractivity contribution >= 4 is 0 Å². The van der Waals surface area contributed by atoms with E-state index in [9.17, 15) is 9.90 Å². The summed E-state index contributed by atoms with van der Waals surface area (Å²) in [6.45, 7) is -0.187. The summed E-state index contributed by atoms with van der Waals surface area (Å²) >= 11 is 0. The Hall–Kier alpha value is -4.30. The molecule has 0 amide bonds. The van der Waals surface area contributed by atoms with Crippen molar-refractivity contribution in [1.29, 1.82) is 0 Å². The molecule has 8 heteroatoms. The van der Waals surface area contributed by atoms with Crippen LogP contribution in [0.3, 0.4) is 0 Å². The number of methoxy groups -OCH3 is 4. The maximum atomic E-state index is 13.8. The Kier molecular flexibility index (Phi) is 7.56. The topological polar surface area (TPSA) is 92.0 Å². The van der Waals surface area contributed by atoms with Crippen molar-refractivity contribution in [3.63, 3.8) is 0 Å². The van der Waals surface area contributed by atoms with Crippen molar-refractivity contribution in [3.8, 4) is 56.5 Å². The average molecular weight is 489 g/mol. The molecule has 0 aliphatic carbocycles. The number of ether oxygens (including phenoxy) is 4. The van der Waals surface area contributed by atoms with Crippen LogP contribution >= 0.6 is 0 Å². The van der Waals surface area contributed by atoms with Gasteiger partial charge in [0, 0.05) is 11.1 Å². The quantitative estimate of drug-likeness (QED) is 0.376. The highest BCUT2D eigenvalue weighted by molar-refractivity contribution is 5.92. The monoisotopic (exact) mass is 488 g/mol. The van der Waals surface area contributed by atoms with Crippen molar-refractivity contribution in [1.82, 2.24) is 9.78 Å². The van der Waals surface area contributed by atoms with Crippen LogP contribution in [0.2, 0.25) is 0 Å². The van der Waals surface area contributed by atoms with Crippen LogP contribution in [0.25, 0.3) is 33.5 Å². The average Bonchev–Trinajstić information content (AvgIpc) is 2.93. The number of rotatable bonds is 9. The second-order valence-electron chi connectivity index (χ2n) is 7.88. The summed E-state index contributed by atoms with van der Waals surface area (Å²) in [5.41, 5.74) is 3.53. The number of hydrogen-bond acceptors (Lipinski definition) is 7. The zero-order valence-electron chi connectivity index (χ0n) is 20.6. The van der Waals surface area contributed by atoms with Crippen LogP contribution in [0, 0.1) is 0 Å². The molecule has 36 heavy (non-hydrogen) atoms. The molecule has 0 saturated heterocycles. The normalized spacial score (nSPS) is 10.7. The lowest BCUT2D eigenvalue weighted by Gasteiger charge is -2.19. The van der Waals surface area contributed by atoms with Crippen LogP contribution in [0.5, 0.6) is 23.0 Å². The number of hydrogen-bond donors (Lipinski definition) is 1. The first-order valence-corrected chi connectivity index (χ1v) is 11.3. The zero-order chi connectivity index (χ0) is 25.7. The fourth-order valence-electron chi connectivity index (χ4n) is 4.07. The van der Waals surface area contributed by atoms with Gasteiger partial charge in [-0.2, -0.15) is 5.10 Å². The molecule has 0 unspecified atom stereocenters. The highest BCUT2D eigenvalue weighted by Gasteiger charge is 2.23. The first-order valence-electron chi connectivity index (χ1n) is 11.3. The smallest absolute Gasteiger partial charge is 0.275 e. The molecule has 186 valence electrons. The van der Waals surface area contributed by atoms with Gasteiger partial charge in [0.05, 0.1) is 52.8 Å². The molecule has 0 aliphatic rings. The third kappa shape index (κ3) is 4.76. The predicted molar refractivity (Wildman–Crippen MR) is 138 cm³/mol. The van der Waals surface area contributed by atoms with Gasteiger partial charge in [-0.05, 0) is 59.7 Å². The van der Waals surface area contributed by atoms with E-state index in [0.717, 1.165) is 11.1 Å². The molecule has 1 heterocycles. The SMILES string of the molecule is COc1ccc(-c2nn(CCO)c(=O)c(-c3ccc(OC)c(OC)c3)c2-c2ccc(OC)cc2)cc1. The van der Waals surface area contributed by atoms with Crippen molar-refractivity contribution < 1.29 is 24.1 Å². The van der Waals surface area contributed by atoms with Crippen LogP contribution in [0.15, 0.2) is 71.5 Å². The Morgan fingerprint density at radius 1 is 0.694 bits per heavy atom. The third-order valence-electron chi connectivity index (χ3n) is 5.88. The highest BCUT2D eigenvalue weighted by atomic mass is 16.5. The van der Waals surface area contributed by atoms with Crippen LogP contribution in [0.1, 0.15) is 0 Å². The van der Waals surface area contributed by atoms with E-state index in [1.165, 1.54) is 4.68 Å². The van der Waals surface area contributed by atoms with E-state index < -0.39 is 0 Å². The number of benzene rings is 3. The lowest BCUT2D eigenvalue weighted by Crippen LogP contribution is -2.27. The van der Waals surface area contributed by atoms with E-state index in [1.807, 2.05) is 54.6 Å². The molecule has 0 atom stereocenters. The standard InChI is InChI=1S/C28H28N2O6/c1-33-21-10-5-18(6-11-21)25-26(20-9-14-23(35-3)24(17-20)36-4)28(32)30(15-16-31)29-27(25)19-7-12-22(34-2)13-8-19/h5-14,17,31H,15-16H2,1-4H3. The van der Waals surface area contributed by atoms with Gasteiger partial charge in [0.2, 0.25) is 0 Å². The molecule has 0 spiro atoms. The summed E-state index contributed by atoms with van der Waals surface area (Å²) in [6.07, 6.45) is 0. The van der Waals surface area contributed by atoms with Gasteiger partial charge in [0.1, 0.15) is 11.5 Å². The van der Waals surface area contributed by atoms with Crippen molar-refractivity contribution in [2.75, 3.05) is 35.0 Å². The molecule has 0 fully saturated rings. The Labute approximate surface area is 209 Å². The van der Waals surface area contributed by atoms with Crippen LogP contribution < -0.4 is 24.5 Å². The summed E-state index contributed by atoms with van der Waals surface area (Å²) in [5, 5.41) is 14.3. The van der Waals surface area contributed by atoms with Gasteiger partial charge in [-0.3, -0.25) is 4.79 Å². The fraction of sp³-hybridized carbons (Fsp3) is 0.214. The first-order chi connectivity index (χ1) is 17.5. The van der Waals surface area contributed by atoms with E-state index in [2.05, 4.69) is 5.10 Å². The molecule has 0 bridgehead atoms. The first kappa shape index (κ1) is 24.8. The molecule has 0 radical (unpaired) electrons. The lowest BCUT2D eigenvalue weighted by molar-refractivity contribution is 0.266. The maximum Gasteiger partial charge on any atom is 0.275 e. The lowest BCUT2D eigenvalue weighted by atomic mass is 9.91. The minimum absolute atomic E-state index is 0.0468. The number of aliphatic hydroxyl groups is 1. The Morgan fingerprint density at radius 3 is 1.78 bits per heavy atom. The minimum atomic E-state index is -0.334. The molecule has 0 aliphatic heterocycles. The van der Waals surface area contributed by atoms with Crippen molar-refractivity contribution in [3.05, 3.63) is 77.1 Å². The summed E-state index contributed by atoms with van der Waals surface area (Å²) in [7, 11) is 6.31. The second-order valence-corrected chi connectivity index (χ2v) is 7.88. The fourth-order valence-corrected chi connectivity index (χ4v) is 4.07. The summed E-state index contributed by atoms with van der Waals surface area (Å²) < 4.78 is 22.9. The predicted octanol–water partition coefficient (Wildman–Crippen LogP) is 4.27. The van der Waals surface area contributed by atoms with Crippen molar-refractivity contribution in [2.24, 2.45) is 0 Å². The molecular weight excluding hydrogens is 460 g/mol. The number of nitrogens with zero attached hydrogens (tertiary/aromatic N) is 2. The van der Waals surface area contributed by atoms with E-state index in [-0.39, 0.29) is 18.7 Å². The highest BCUT2D eigenvalue weighted by Crippen LogP contribution is 2.40. The van der Waals surface area contributed by atoms with Crippen LogP contribution in [-0.2, 0) is 6.54 Å². The molecule has 8 nitrogen and oxygen atoms in total. The molecule has 0 saturated carbocycles. The Bertz CT molecular complexity index is 1400. The van der Waals surface area contributed by atoms with Gasteiger partial charge >= 0.3 is 0 Å². The summed E-state index contributed by atoms with van der Waals surface area (Å²) in [4.78, 5) is 13.8. The summed E-state index contributed by atoms with van der Waals surface area (Å²) in [5.74, 6) is 2.44. The second kappa shape index (κ2) is 11.0. The van der Waals surface area contributed by atoms with Gasteiger partial charge in [-0.15, -0.1) is 0 Å². The van der Waals surface area contributed by atoms with Crippen molar-refractivity contribution in [2.45, 2.75) is 6.54 Å². The van der Waals surface area contributed by atoms with E-state index in [1.54, 1.807) is 40.6 Å². The van der Waals surface area contributed by atoms with Crippen LogP contribution in [0.4, 0.5) is 0 Å². The molecule has 3 aromatic carbocycles. The molecule has 1 aromatic heterocycles. The molecule has 4 rings (SSSR count). The largest absolute Gasteiger partial charge is 0.497 e. The molecular formula is C28H28N2O6. The molecule has 1 N–H and O–H groups in total. The van der Waals surface area contributed by atoms with E-state index >= 15 is 0 Å². The summed E-state index contributed by atoms with van der Waals surface area (Å²) in [6, 6.07) is 20.3. The van der Waals surface area contributed by atoms with E-state index in [4.69, 9.17) is 18.9 Å². The third-order valence-corrected chi connectivity index (χ3v) is 5.88. The van der Waals surface area contributed by atoms with Gasteiger partial charge in [-0.1, -0.05) is 18.2 Å². The van der Waals surface area contributed by atoms with Gasteiger partial charge < -0.3 is 24.1 Å². The van der Waals surface area contributed by atoms with Crippen LogP contribution in [-0.4, -0.2) is 49.9 Å². The molecule has 4 aromatic rings. The maximum absolute atomic E-state index is 13.8. The Morgan fingerprint density at radius 2 is 1.25 bits per heavy atom. The number of aliphatic hydroxyl groups excluding tert-OH is 1. The minimum Gasteiger partial charge on any atom is -0.497 e. The zero-order valence-corrected chi connectivity index (χ0v) is 20.6. The van der Waals surface area contributed by atoms with E-state index in [0.29, 0.717) is 45.4 Å². The van der Waals surface area contributed by atoms with Gasteiger partial charge in [0.25, 0.3) is 5.56 Å². The Balaban J connectivity index is 2.10.